The molecule has 4 rings (SSSR count). The van der Waals surface area contributed by atoms with E-state index in [2.05, 4.69) is 15.3 Å². The normalized spacial score (nSPS) is 14.2. The van der Waals surface area contributed by atoms with Gasteiger partial charge in [0.2, 0.25) is 0 Å². The van der Waals surface area contributed by atoms with Gasteiger partial charge in [-0.25, -0.2) is 4.68 Å². The summed E-state index contributed by atoms with van der Waals surface area (Å²) in [4.78, 5) is 15.1. The first-order valence-electron chi connectivity index (χ1n) is 9.17. The Labute approximate surface area is 163 Å². The first-order valence-corrected chi connectivity index (χ1v) is 9.54. The van der Waals surface area contributed by atoms with Gasteiger partial charge in [0.25, 0.3) is 5.91 Å². The Kier molecular flexibility index (Phi) is 5.12. The Morgan fingerprint density at radius 2 is 1.81 bits per heavy atom. The van der Waals surface area contributed by atoms with Crippen molar-refractivity contribution in [3.8, 4) is 5.69 Å². The fourth-order valence-corrected chi connectivity index (χ4v) is 3.57. The minimum Gasteiger partial charge on any atom is -0.370 e. The van der Waals surface area contributed by atoms with Gasteiger partial charge in [0, 0.05) is 36.1 Å². The monoisotopic (exact) mass is 380 g/mol. The molecule has 1 fully saturated rings. The number of halogens is 1. The van der Waals surface area contributed by atoms with Crippen LogP contribution in [0.3, 0.4) is 0 Å². The SMILES string of the molecule is O=C(Nc1cc(Cl)ccc1N1CCCCC1)c1ccc(-n2cccn2)cc1. The number of benzene rings is 2. The van der Waals surface area contributed by atoms with Gasteiger partial charge >= 0.3 is 0 Å². The highest BCUT2D eigenvalue weighted by atomic mass is 35.5. The fourth-order valence-electron chi connectivity index (χ4n) is 3.40. The topological polar surface area (TPSA) is 50.2 Å². The molecular formula is C21H21ClN4O. The second-order valence-corrected chi connectivity index (χ2v) is 7.10. The molecule has 138 valence electrons. The Hall–Kier alpha value is -2.79. The third-order valence-corrected chi connectivity index (χ3v) is 5.04. The smallest absolute Gasteiger partial charge is 0.255 e. The minimum atomic E-state index is -0.150. The summed E-state index contributed by atoms with van der Waals surface area (Å²) >= 11 is 6.18. The molecule has 1 aliphatic heterocycles. The fraction of sp³-hybridized carbons (Fsp3) is 0.238. The largest absolute Gasteiger partial charge is 0.370 e. The first kappa shape index (κ1) is 17.6. The van der Waals surface area contributed by atoms with Crippen molar-refractivity contribution in [2.45, 2.75) is 19.3 Å². The number of nitrogens with zero attached hydrogens (tertiary/aromatic N) is 3. The summed E-state index contributed by atoms with van der Waals surface area (Å²) in [6.07, 6.45) is 7.19. The molecule has 2 heterocycles. The van der Waals surface area contributed by atoms with E-state index < -0.39 is 0 Å². The van der Waals surface area contributed by atoms with Gasteiger partial charge in [-0.15, -0.1) is 0 Å². The number of amides is 1. The highest BCUT2D eigenvalue weighted by Gasteiger charge is 2.17. The molecule has 0 radical (unpaired) electrons. The standard InChI is InChI=1S/C21H21ClN4O/c22-17-7-10-20(25-12-2-1-3-13-25)19(15-17)24-21(27)16-5-8-18(9-6-16)26-14-4-11-23-26/h4-11,14-15H,1-3,12-13H2,(H,24,27). The molecule has 1 aliphatic rings. The van der Waals surface area contributed by atoms with Gasteiger partial charge in [-0.05, 0) is 67.8 Å². The summed E-state index contributed by atoms with van der Waals surface area (Å²) in [6, 6.07) is 14.9. The average Bonchev–Trinajstić information content (AvgIpc) is 3.24. The van der Waals surface area contributed by atoms with Crippen molar-refractivity contribution in [1.82, 2.24) is 9.78 Å². The van der Waals surface area contributed by atoms with Crippen LogP contribution < -0.4 is 10.2 Å². The van der Waals surface area contributed by atoms with Crippen LogP contribution in [0.1, 0.15) is 29.6 Å². The lowest BCUT2D eigenvalue weighted by atomic mass is 10.1. The number of nitrogens with one attached hydrogen (secondary N) is 1. The van der Waals surface area contributed by atoms with Crippen LogP contribution in [0.2, 0.25) is 5.02 Å². The molecule has 0 saturated carbocycles. The van der Waals surface area contributed by atoms with Crippen molar-refractivity contribution < 1.29 is 4.79 Å². The molecule has 1 N–H and O–H groups in total. The van der Waals surface area contributed by atoms with E-state index in [9.17, 15) is 4.79 Å². The number of carbonyl (C=O) groups excluding carboxylic acids is 1. The second kappa shape index (κ2) is 7.84. The number of hydrogen-bond donors (Lipinski definition) is 1. The predicted molar refractivity (Wildman–Crippen MR) is 109 cm³/mol. The predicted octanol–water partition coefficient (Wildman–Crippen LogP) is 4.77. The Morgan fingerprint density at radius 3 is 2.52 bits per heavy atom. The van der Waals surface area contributed by atoms with E-state index in [1.807, 2.05) is 42.6 Å². The minimum absolute atomic E-state index is 0.150. The summed E-state index contributed by atoms with van der Waals surface area (Å²) in [6.45, 7) is 2.01. The lowest BCUT2D eigenvalue weighted by Gasteiger charge is -2.30. The molecule has 1 aromatic heterocycles. The van der Waals surface area contributed by atoms with Crippen LogP contribution in [0.15, 0.2) is 60.9 Å². The van der Waals surface area contributed by atoms with Gasteiger partial charge in [0.05, 0.1) is 17.1 Å². The maximum Gasteiger partial charge on any atom is 0.255 e. The van der Waals surface area contributed by atoms with Crippen LogP contribution in [0.4, 0.5) is 11.4 Å². The lowest BCUT2D eigenvalue weighted by Crippen LogP contribution is -2.30. The Bertz CT molecular complexity index is 916. The quantitative estimate of drug-likeness (QED) is 0.709. The molecular weight excluding hydrogens is 360 g/mol. The molecule has 0 bridgehead atoms. The highest BCUT2D eigenvalue weighted by molar-refractivity contribution is 6.31. The van der Waals surface area contributed by atoms with Crippen molar-refractivity contribution in [3.63, 3.8) is 0 Å². The van der Waals surface area contributed by atoms with Crippen molar-refractivity contribution >= 4 is 28.9 Å². The van der Waals surface area contributed by atoms with E-state index in [1.165, 1.54) is 19.3 Å². The summed E-state index contributed by atoms with van der Waals surface area (Å²) in [5.74, 6) is -0.150. The Balaban J connectivity index is 1.54. The maximum atomic E-state index is 12.8. The van der Waals surface area contributed by atoms with E-state index in [0.717, 1.165) is 30.2 Å². The van der Waals surface area contributed by atoms with Crippen molar-refractivity contribution in [2.75, 3.05) is 23.3 Å². The first-order chi connectivity index (χ1) is 13.2. The molecule has 0 atom stereocenters. The number of piperidine rings is 1. The van der Waals surface area contributed by atoms with E-state index in [1.54, 1.807) is 23.0 Å². The van der Waals surface area contributed by atoms with Gasteiger partial charge in [-0.3, -0.25) is 4.79 Å². The van der Waals surface area contributed by atoms with Gasteiger partial charge in [0.15, 0.2) is 0 Å². The zero-order chi connectivity index (χ0) is 18.6. The zero-order valence-corrected chi connectivity index (χ0v) is 15.7. The van der Waals surface area contributed by atoms with Crippen LogP contribution in [0.5, 0.6) is 0 Å². The summed E-state index contributed by atoms with van der Waals surface area (Å²) in [5.41, 5.74) is 3.29. The van der Waals surface area contributed by atoms with Crippen molar-refractivity contribution in [2.24, 2.45) is 0 Å². The number of aromatic nitrogens is 2. The number of rotatable bonds is 4. The third kappa shape index (κ3) is 3.98. The molecule has 1 saturated heterocycles. The molecule has 1 amide bonds. The number of hydrogen-bond acceptors (Lipinski definition) is 3. The number of carbonyl (C=O) groups is 1. The molecule has 0 aliphatic carbocycles. The average molecular weight is 381 g/mol. The van der Waals surface area contributed by atoms with E-state index in [-0.39, 0.29) is 5.91 Å². The van der Waals surface area contributed by atoms with E-state index >= 15 is 0 Å². The van der Waals surface area contributed by atoms with E-state index in [4.69, 9.17) is 11.6 Å². The van der Waals surface area contributed by atoms with Crippen molar-refractivity contribution in [3.05, 3.63) is 71.5 Å². The van der Waals surface area contributed by atoms with Gasteiger partial charge in [0.1, 0.15) is 0 Å². The lowest BCUT2D eigenvalue weighted by molar-refractivity contribution is 0.102. The molecule has 5 nitrogen and oxygen atoms in total. The Morgan fingerprint density at radius 1 is 1.04 bits per heavy atom. The maximum absolute atomic E-state index is 12.8. The van der Waals surface area contributed by atoms with E-state index in [0.29, 0.717) is 10.6 Å². The van der Waals surface area contributed by atoms with Crippen molar-refractivity contribution in [1.29, 1.82) is 0 Å². The molecule has 6 heteroatoms. The molecule has 0 spiro atoms. The number of anilines is 2. The third-order valence-electron chi connectivity index (χ3n) is 4.80. The van der Waals surface area contributed by atoms with Gasteiger partial charge in [-0.2, -0.15) is 5.10 Å². The molecule has 3 aromatic rings. The molecule has 27 heavy (non-hydrogen) atoms. The van der Waals surface area contributed by atoms with Gasteiger partial charge < -0.3 is 10.2 Å². The summed E-state index contributed by atoms with van der Waals surface area (Å²) in [7, 11) is 0. The highest BCUT2D eigenvalue weighted by Crippen LogP contribution is 2.31. The van der Waals surface area contributed by atoms with Gasteiger partial charge in [-0.1, -0.05) is 11.6 Å². The zero-order valence-electron chi connectivity index (χ0n) is 14.9. The van der Waals surface area contributed by atoms with Crippen LogP contribution in [-0.2, 0) is 0 Å². The second-order valence-electron chi connectivity index (χ2n) is 6.66. The summed E-state index contributed by atoms with van der Waals surface area (Å²) in [5, 5.41) is 7.84. The summed E-state index contributed by atoms with van der Waals surface area (Å²) < 4.78 is 1.76. The van der Waals surface area contributed by atoms with Crippen LogP contribution in [-0.4, -0.2) is 28.8 Å². The van der Waals surface area contributed by atoms with Crippen LogP contribution in [0, 0.1) is 0 Å². The van der Waals surface area contributed by atoms with Crippen LogP contribution in [0.25, 0.3) is 5.69 Å². The molecule has 2 aromatic carbocycles. The van der Waals surface area contributed by atoms with Crippen LogP contribution >= 0.6 is 11.6 Å². The molecule has 0 unspecified atom stereocenters.